The van der Waals surface area contributed by atoms with Crippen LogP contribution in [-0.2, 0) is 9.84 Å². The van der Waals surface area contributed by atoms with Crippen LogP contribution in [-0.4, -0.2) is 48.4 Å². The zero-order valence-electron chi connectivity index (χ0n) is 14.5. The monoisotopic (exact) mass is 396 g/mol. The molecule has 2 aromatic rings. The van der Waals surface area contributed by atoms with Gasteiger partial charge in [0, 0.05) is 24.7 Å². The van der Waals surface area contributed by atoms with Gasteiger partial charge in [0.1, 0.15) is 29.5 Å². The minimum Gasteiger partial charge on any atom is -0.353 e. The molecule has 0 bridgehead atoms. The Kier molecular flexibility index (Phi) is 5.36. The highest BCUT2D eigenvalue weighted by Crippen LogP contribution is 2.23. The fraction of sp³-hybridized carbons (Fsp3) is 0.353. The van der Waals surface area contributed by atoms with E-state index in [0.29, 0.717) is 24.8 Å². The first-order chi connectivity index (χ1) is 12.8. The van der Waals surface area contributed by atoms with Gasteiger partial charge in [-0.3, -0.25) is 4.79 Å². The summed E-state index contributed by atoms with van der Waals surface area (Å²) in [7, 11) is -3.07. The molecule has 1 aromatic heterocycles. The van der Waals surface area contributed by atoms with E-state index in [-0.39, 0.29) is 28.9 Å². The van der Waals surface area contributed by atoms with Gasteiger partial charge in [-0.05, 0) is 25.5 Å². The quantitative estimate of drug-likeness (QED) is 0.831. The highest BCUT2D eigenvalue weighted by molar-refractivity contribution is 7.91. The number of amides is 1. The normalized spacial score (nSPS) is 18.3. The molecule has 7 nitrogen and oxygen atoms in total. The number of halogens is 2. The first kappa shape index (κ1) is 19.2. The predicted molar refractivity (Wildman–Crippen MR) is 96.4 cm³/mol. The molecule has 1 aliphatic heterocycles. The number of sulfone groups is 1. The van der Waals surface area contributed by atoms with E-state index in [0.717, 1.165) is 12.1 Å². The van der Waals surface area contributed by atoms with Crippen molar-refractivity contribution in [3.05, 3.63) is 47.9 Å². The molecule has 1 aromatic carbocycles. The SMILES string of the molecule is CCN(c1cc(C(=O)Nc2ccc(F)cc2F)ncn1)C1CCS(=O)(=O)C1. The van der Waals surface area contributed by atoms with Crippen molar-refractivity contribution in [2.45, 2.75) is 19.4 Å². The van der Waals surface area contributed by atoms with Crippen molar-refractivity contribution in [1.82, 2.24) is 9.97 Å². The lowest BCUT2D eigenvalue weighted by Crippen LogP contribution is -2.37. The summed E-state index contributed by atoms with van der Waals surface area (Å²) in [6.45, 7) is 2.37. The van der Waals surface area contributed by atoms with E-state index in [2.05, 4.69) is 15.3 Å². The van der Waals surface area contributed by atoms with Crippen molar-refractivity contribution in [3.63, 3.8) is 0 Å². The fourth-order valence-electron chi connectivity index (χ4n) is 3.03. The maximum atomic E-state index is 13.7. The van der Waals surface area contributed by atoms with Crippen LogP contribution in [0.15, 0.2) is 30.6 Å². The molecule has 0 spiro atoms. The van der Waals surface area contributed by atoms with Crippen molar-refractivity contribution in [2.75, 3.05) is 28.3 Å². The van der Waals surface area contributed by atoms with Crippen LogP contribution in [0.2, 0.25) is 0 Å². The summed E-state index contributed by atoms with van der Waals surface area (Å²) in [4.78, 5) is 22.2. The van der Waals surface area contributed by atoms with E-state index in [9.17, 15) is 22.0 Å². The van der Waals surface area contributed by atoms with Crippen LogP contribution in [0.4, 0.5) is 20.3 Å². The number of carbonyl (C=O) groups excluding carboxylic acids is 1. The van der Waals surface area contributed by atoms with Crippen LogP contribution in [0, 0.1) is 11.6 Å². The maximum Gasteiger partial charge on any atom is 0.274 e. The lowest BCUT2D eigenvalue weighted by atomic mass is 10.2. The molecule has 1 saturated heterocycles. The Bertz CT molecular complexity index is 968. The van der Waals surface area contributed by atoms with E-state index >= 15 is 0 Å². The molecule has 144 valence electrons. The third-order valence-electron chi connectivity index (χ3n) is 4.35. The number of rotatable bonds is 5. The molecular formula is C17H18F2N4O3S. The molecule has 1 aliphatic rings. The second-order valence-electron chi connectivity index (χ2n) is 6.18. The average Bonchev–Trinajstić information content (AvgIpc) is 2.98. The van der Waals surface area contributed by atoms with Gasteiger partial charge < -0.3 is 10.2 Å². The Morgan fingerprint density at radius 1 is 1.30 bits per heavy atom. The Morgan fingerprint density at radius 2 is 2.07 bits per heavy atom. The second-order valence-corrected chi connectivity index (χ2v) is 8.41. The molecule has 2 heterocycles. The summed E-state index contributed by atoms with van der Waals surface area (Å²) < 4.78 is 50.2. The van der Waals surface area contributed by atoms with Crippen molar-refractivity contribution in [1.29, 1.82) is 0 Å². The third-order valence-corrected chi connectivity index (χ3v) is 6.10. The molecule has 10 heteroatoms. The number of hydrogen-bond donors (Lipinski definition) is 1. The lowest BCUT2D eigenvalue weighted by Gasteiger charge is -2.27. The van der Waals surface area contributed by atoms with Gasteiger partial charge in [-0.15, -0.1) is 0 Å². The summed E-state index contributed by atoms with van der Waals surface area (Å²) in [5.74, 6) is -1.76. The van der Waals surface area contributed by atoms with Gasteiger partial charge in [-0.25, -0.2) is 27.2 Å². The van der Waals surface area contributed by atoms with Crippen molar-refractivity contribution >= 4 is 27.2 Å². The minimum absolute atomic E-state index is 0.0111. The zero-order chi connectivity index (χ0) is 19.6. The fourth-order valence-corrected chi connectivity index (χ4v) is 4.76. The summed E-state index contributed by atoms with van der Waals surface area (Å²) in [6, 6.07) is 4.02. The first-order valence-corrected chi connectivity index (χ1v) is 10.2. The largest absolute Gasteiger partial charge is 0.353 e. The van der Waals surface area contributed by atoms with Gasteiger partial charge in [0.25, 0.3) is 5.91 Å². The standard InChI is InChI=1S/C17H18F2N4O3S/c1-2-23(12-5-6-27(25,26)9-12)16-8-15(20-10-21-16)17(24)22-14-4-3-11(18)7-13(14)19/h3-4,7-8,10,12H,2,5-6,9H2,1H3,(H,22,24). The van der Waals surface area contributed by atoms with E-state index < -0.39 is 27.4 Å². The van der Waals surface area contributed by atoms with Crippen LogP contribution < -0.4 is 10.2 Å². The lowest BCUT2D eigenvalue weighted by molar-refractivity contribution is 0.102. The first-order valence-electron chi connectivity index (χ1n) is 8.34. The molecule has 1 N–H and O–H groups in total. The van der Waals surface area contributed by atoms with Crippen LogP contribution in [0.1, 0.15) is 23.8 Å². The number of nitrogens with one attached hydrogen (secondary N) is 1. The Balaban J connectivity index is 1.80. The average molecular weight is 396 g/mol. The van der Waals surface area contributed by atoms with Gasteiger partial charge in [0.2, 0.25) is 0 Å². The summed E-state index contributed by atoms with van der Waals surface area (Å²) >= 11 is 0. The summed E-state index contributed by atoms with van der Waals surface area (Å²) in [6.07, 6.45) is 1.68. The van der Waals surface area contributed by atoms with Crippen molar-refractivity contribution in [2.24, 2.45) is 0 Å². The molecule has 0 aliphatic carbocycles. The predicted octanol–water partition coefficient (Wildman–Crippen LogP) is 2.02. The van der Waals surface area contributed by atoms with Gasteiger partial charge in [0.15, 0.2) is 9.84 Å². The van der Waals surface area contributed by atoms with Gasteiger partial charge in [0.05, 0.1) is 17.2 Å². The number of nitrogens with zero attached hydrogens (tertiary/aromatic N) is 3. The molecule has 0 saturated carbocycles. The molecule has 1 fully saturated rings. The highest BCUT2D eigenvalue weighted by atomic mass is 32.2. The topological polar surface area (TPSA) is 92.3 Å². The van der Waals surface area contributed by atoms with E-state index in [4.69, 9.17) is 0 Å². The van der Waals surface area contributed by atoms with Crippen molar-refractivity contribution < 1.29 is 22.0 Å². The summed E-state index contributed by atoms with van der Waals surface area (Å²) in [5.41, 5.74) is -0.182. The molecule has 0 radical (unpaired) electrons. The number of aromatic nitrogens is 2. The van der Waals surface area contributed by atoms with Gasteiger partial charge in [-0.2, -0.15) is 0 Å². The number of benzene rings is 1. The second kappa shape index (κ2) is 7.55. The van der Waals surface area contributed by atoms with Gasteiger partial charge >= 0.3 is 0 Å². The number of hydrogen-bond acceptors (Lipinski definition) is 6. The molecule has 1 unspecified atom stereocenters. The smallest absolute Gasteiger partial charge is 0.274 e. The molecule has 27 heavy (non-hydrogen) atoms. The molecule has 3 rings (SSSR count). The van der Waals surface area contributed by atoms with E-state index in [1.165, 1.54) is 12.4 Å². The maximum absolute atomic E-state index is 13.7. The molecule has 1 amide bonds. The highest BCUT2D eigenvalue weighted by Gasteiger charge is 2.32. The molecule has 1 atom stereocenters. The minimum atomic E-state index is -3.07. The van der Waals surface area contributed by atoms with Crippen molar-refractivity contribution in [3.8, 4) is 0 Å². The van der Waals surface area contributed by atoms with Crippen LogP contribution in [0.3, 0.4) is 0 Å². The third kappa shape index (κ3) is 4.38. The van der Waals surface area contributed by atoms with E-state index in [1.807, 2.05) is 11.8 Å². The Labute approximate surface area is 155 Å². The number of anilines is 2. The number of carbonyl (C=O) groups is 1. The molecular weight excluding hydrogens is 378 g/mol. The Hall–Kier alpha value is -2.62. The van der Waals surface area contributed by atoms with Crippen LogP contribution in [0.5, 0.6) is 0 Å². The summed E-state index contributed by atoms with van der Waals surface area (Å²) in [5, 5.41) is 2.34. The van der Waals surface area contributed by atoms with Crippen LogP contribution in [0.25, 0.3) is 0 Å². The van der Waals surface area contributed by atoms with Crippen LogP contribution >= 0.6 is 0 Å². The van der Waals surface area contributed by atoms with E-state index in [1.54, 1.807) is 0 Å². The zero-order valence-corrected chi connectivity index (χ0v) is 15.3. The van der Waals surface area contributed by atoms with Gasteiger partial charge in [-0.1, -0.05) is 0 Å². The Morgan fingerprint density at radius 3 is 2.70 bits per heavy atom.